The number of carbonyl (C=O) groups is 2. The van der Waals surface area contributed by atoms with Crippen molar-refractivity contribution in [2.45, 2.75) is 26.7 Å². The van der Waals surface area contributed by atoms with Gasteiger partial charge in [0, 0.05) is 11.5 Å². The van der Waals surface area contributed by atoms with Crippen molar-refractivity contribution in [3.05, 3.63) is 35.4 Å². The number of Topliss-reactive ketones (excluding diaryl/α,β-unsaturated/α-hetero) is 1. The fraction of sp³-hybridized carbons (Fsp3) is 0.429. The van der Waals surface area contributed by atoms with Gasteiger partial charge in [0.15, 0.2) is 5.78 Å². The van der Waals surface area contributed by atoms with Crippen LogP contribution in [0.25, 0.3) is 0 Å². The molecule has 0 aliphatic rings. The molecule has 0 aromatic heterocycles. The van der Waals surface area contributed by atoms with Crippen LogP contribution >= 0.6 is 0 Å². The lowest BCUT2D eigenvalue weighted by Crippen LogP contribution is -2.17. The van der Waals surface area contributed by atoms with Crippen molar-refractivity contribution in [3.63, 3.8) is 0 Å². The minimum Gasteiger partial charge on any atom is -0.469 e. The Bertz CT molecular complexity index is 410. The maximum atomic E-state index is 12.2. The molecule has 1 atom stereocenters. The Labute approximate surface area is 102 Å². The Balaban J connectivity index is 2.85. The fourth-order valence-electron chi connectivity index (χ4n) is 1.76. The lowest BCUT2D eigenvalue weighted by atomic mass is 9.92. The molecule has 0 spiro atoms. The molecular weight excluding hydrogens is 216 g/mol. The molecule has 0 heterocycles. The molecule has 1 unspecified atom stereocenters. The number of aryl methyl sites for hydroxylation is 1. The molecule has 0 saturated heterocycles. The molecule has 3 heteroatoms. The summed E-state index contributed by atoms with van der Waals surface area (Å²) in [6.07, 6.45) is 0.945. The molecule has 0 aliphatic carbocycles. The third kappa shape index (κ3) is 3.41. The second-order valence-corrected chi connectivity index (χ2v) is 4.06. The maximum Gasteiger partial charge on any atom is 0.306 e. The number of ether oxygens (including phenoxy) is 1. The topological polar surface area (TPSA) is 43.4 Å². The van der Waals surface area contributed by atoms with Crippen molar-refractivity contribution in [1.29, 1.82) is 0 Å². The number of hydrogen-bond donors (Lipinski definition) is 0. The average molecular weight is 234 g/mol. The fourth-order valence-corrected chi connectivity index (χ4v) is 1.76. The van der Waals surface area contributed by atoms with E-state index in [-0.39, 0.29) is 24.1 Å². The molecule has 0 aliphatic heterocycles. The first-order chi connectivity index (χ1) is 8.10. The second kappa shape index (κ2) is 6.18. The van der Waals surface area contributed by atoms with Gasteiger partial charge in [-0.3, -0.25) is 9.59 Å². The van der Waals surface area contributed by atoms with E-state index in [1.807, 2.05) is 31.2 Å². The largest absolute Gasteiger partial charge is 0.469 e. The monoisotopic (exact) mass is 234 g/mol. The second-order valence-electron chi connectivity index (χ2n) is 4.06. The molecular formula is C14H18O3. The normalized spacial score (nSPS) is 11.9. The van der Waals surface area contributed by atoms with Crippen molar-refractivity contribution >= 4 is 11.8 Å². The van der Waals surface area contributed by atoms with Gasteiger partial charge in [-0.15, -0.1) is 0 Å². The lowest BCUT2D eigenvalue weighted by Gasteiger charge is -2.11. The Hall–Kier alpha value is -1.64. The predicted octanol–water partition coefficient (Wildman–Crippen LogP) is 2.63. The first kappa shape index (κ1) is 13.4. The van der Waals surface area contributed by atoms with Crippen LogP contribution in [0, 0.1) is 5.92 Å². The van der Waals surface area contributed by atoms with Crippen LogP contribution in [0.15, 0.2) is 24.3 Å². The maximum absolute atomic E-state index is 12.2. The molecule has 0 bridgehead atoms. The SMILES string of the molecule is CCc1ccccc1C(=O)C(C)CC(=O)OC. The number of methoxy groups -OCH3 is 1. The summed E-state index contributed by atoms with van der Waals surface area (Å²) in [6, 6.07) is 7.52. The molecule has 0 saturated carbocycles. The van der Waals surface area contributed by atoms with E-state index < -0.39 is 0 Å². The first-order valence-corrected chi connectivity index (χ1v) is 5.79. The summed E-state index contributed by atoms with van der Waals surface area (Å²) < 4.78 is 4.57. The molecule has 92 valence electrons. The standard InChI is InChI=1S/C14H18O3/c1-4-11-7-5-6-8-12(11)14(16)10(2)9-13(15)17-3/h5-8,10H,4,9H2,1-3H3. The highest BCUT2D eigenvalue weighted by Crippen LogP contribution is 2.17. The van der Waals surface area contributed by atoms with E-state index in [4.69, 9.17) is 0 Å². The van der Waals surface area contributed by atoms with Crippen LogP contribution in [0.1, 0.15) is 36.2 Å². The van der Waals surface area contributed by atoms with Gasteiger partial charge in [0.25, 0.3) is 0 Å². The van der Waals surface area contributed by atoms with Crippen molar-refractivity contribution in [2.24, 2.45) is 5.92 Å². The third-order valence-electron chi connectivity index (χ3n) is 2.81. The van der Waals surface area contributed by atoms with Crippen LogP contribution in [0.5, 0.6) is 0 Å². The van der Waals surface area contributed by atoms with Crippen molar-refractivity contribution in [2.75, 3.05) is 7.11 Å². The lowest BCUT2D eigenvalue weighted by molar-refractivity contribution is -0.141. The molecule has 1 aromatic rings. The van der Waals surface area contributed by atoms with Gasteiger partial charge < -0.3 is 4.74 Å². The minimum atomic E-state index is -0.347. The summed E-state index contributed by atoms with van der Waals surface area (Å²) in [7, 11) is 1.33. The zero-order valence-corrected chi connectivity index (χ0v) is 10.5. The molecule has 0 amide bonds. The number of rotatable bonds is 5. The van der Waals surface area contributed by atoms with Gasteiger partial charge in [-0.25, -0.2) is 0 Å². The van der Waals surface area contributed by atoms with E-state index >= 15 is 0 Å². The van der Waals surface area contributed by atoms with Gasteiger partial charge in [-0.05, 0) is 12.0 Å². The van der Waals surface area contributed by atoms with Gasteiger partial charge in [0.2, 0.25) is 0 Å². The number of benzene rings is 1. The van der Waals surface area contributed by atoms with Crippen molar-refractivity contribution < 1.29 is 14.3 Å². The highest BCUT2D eigenvalue weighted by atomic mass is 16.5. The van der Waals surface area contributed by atoms with Crippen LogP contribution in [0.2, 0.25) is 0 Å². The Morgan fingerprint density at radius 1 is 1.29 bits per heavy atom. The molecule has 17 heavy (non-hydrogen) atoms. The third-order valence-corrected chi connectivity index (χ3v) is 2.81. The van der Waals surface area contributed by atoms with Gasteiger partial charge in [0.1, 0.15) is 0 Å². The highest BCUT2D eigenvalue weighted by Gasteiger charge is 2.20. The van der Waals surface area contributed by atoms with E-state index in [1.165, 1.54) is 7.11 Å². The van der Waals surface area contributed by atoms with Gasteiger partial charge >= 0.3 is 5.97 Å². The highest BCUT2D eigenvalue weighted by molar-refractivity contribution is 6.00. The van der Waals surface area contributed by atoms with Crippen LogP contribution in [-0.4, -0.2) is 18.9 Å². The minimum absolute atomic E-state index is 0.00727. The molecule has 0 fully saturated rings. The number of carbonyl (C=O) groups excluding carboxylic acids is 2. The molecule has 1 aromatic carbocycles. The summed E-state index contributed by atoms with van der Waals surface area (Å²) in [5.41, 5.74) is 1.74. The van der Waals surface area contributed by atoms with E-state index in [9.17, 15) is 9.59 Å². The van der Waals surface area contributed by atoms with Gasteiger partial charge in [0.05, 0.1) is 13.5 Å². The Morgan fingerprint density at radius 3 is 2.53 bits per heavy atom. The first-order valence-electron chi connectivity index (χ1n) is 5.79. The summed E-state index contributed by atoms with van der Waals surface area (Å²) in [4.78, 5) is 23.3. The summed E-state index contributed by atoms with van der Waals surface area (Å²) >= 11 is 0. The van der Waals surface area contributed by atoms with Gasteiger partial charge in [-0.2, -0.15) is 0 Å². The van der Waals surface area contributed by atoms with Crippen LogP contribution in [-0.2, 0) is 16.0 Å². The van der Waals surface area contributed by atoms with Crippen molar-refractivity contribution in [1.82, 2.24) is 0 Å². The van der Waals surface area contributed by atoms with Crippen LogP contribution in [0.4, 0.5) is 0 Å². The van der Waals surface area contributed by atoms with Crippen LogP contribution in [0.3, 0.4) is 0 Å². The zero-order valence-electron chi connectivity index (χ0n) is 10.5. The molecule has 0 N–H and O–H groups in total. The molecule has 1 rings (SSSR count). The van der Waals surface area contributed by atoms with E-state index in [2.05, 4.69) is 4.74 Å². The average Bonchev–Trinajstić information content (AvgIpc) is 2.37. The van der Waals surface area contributed by atoms with Gasteiger partial charge in [-0.1, -0.05) is 38.1 Å². The molecule has 0 radical (unpaired) electrons. The number of ketones is 1. The smallest absolute Gasteiger partial charge is 0.306 e. The Morgan fingerprint density at radius 2 is 1.94 bits per heavy atom. The number of esters is 1. The van der Waals surface area contributed by atoms with E-state index in [0.29, 0.717) is 5.56 Å². The Kier molecular flexibility index (Phi) is 4.88. The van der Waals surface area contributed by atoms with E-state index in [0.717, 1.165) is 12.0 Å². The zero-order chi connectivity index (χ0) is 12.8. The predicted molar refractivity (Wildman–Crippen MR) is 65.9 cm³/mol. The van der Waals surface area contributed by atoms with Crippen molar-refractivity contribution in [3.8, 4) is 0 Å². The van der Waals surface area contributed by atoms with E-state index in [1.54, 1.807) is 6.92 Å². The summed E-state index contributed by atoms with van der Waals surface area (Å²) in [5.74, 6) is -0.678. The molecule has 3 nitrogen and oxygen atoms in total. The van der Waals surface area contributed by atoms with Crippen LogP contribution < -0.4 is 0 Å². The number of hydrogen-bond acceptors (Lipinski definition) is 3. The quantitative estimate of drug-likeness (QED) is 0.581. The summed E-state index contributed by atoms with van der Waals surface area (Å²) in [6.45, 7) is 3.77. The summed E-state index contributed by atoms with van der Waals surface area (Å²) in [5, 5.41) is 0.